The monoisotopic (exact) mass is 591 g/mol. The number of hydrogen-bond donors (Lipinski definition) is 1. The van der Waals surface area contributed by atoms with Crippen LogP contribution in [0.5, 0.6) is 17.2 Å². The average Bonchev–Trinajstić information content (AvgIpc) is 3.39. The molecule has 9 heteroatoms. The number of amides is 1. The third-order valence-electron chi connectivity index (χ3n) is 8.08. The summed E-state index contributed by atoms with van der Waals surface area (Å²) in [6.07, 6.45) is 0.520. The van der Waals surface area contributed by atoms with Crippen molar-refractivity contribution >= 4 is 17.6 Å². The Balaban J connectivity index is 1.77. The van der Waals surface area contributed by atoms with Crippen LogP contribution in [0.2, 0.25) is 0 Å². The molecule has 0 radical (unpaired) electrons. The molecule has 0 bridgehead atoms. The Hall–Kier alpha value is -4.11. The van der Waals surface area contributed by atoms with E-state index in [1.54, 1.807) is 50.8 Å². The van der Waals surface area contributed by atoms with Gasteiger partial charge in [-0.2, -0.15) is 0 Å². The van der Waals surface area contributed by atoms with E-state index >= 15 is 4.39 Å². The topological polar surface area (TPSA) is 94.5 Å². The molecule has 5 rings (SSSR count). The van der Waals surface area contributed by atoms with Crippen molar-refractivity contribution in [3.8, 4) is 28.4 Å². The van der Waals surface area contributed by atoms with Crippen molar-refractivity contribution in [1.82, 2.24) is 0 Å². The van der Waals surface area contributed by atoms with E-state index in [0.29, 0.717) is 71.0 Å². The Labute approximate surface area is 251 Å². The number of methoxy groups -OCH3 is 2. The molecular weight excluding hydrogens is 553 g/mol. The fraction of sp³-hybridized carbons (Fsp3) is 0.412. The zero-order valence-corrected chi connectivity index (χ0v) is 25.7. The van der Waals surface area contributed by atoms with Gasteiger partial charge in [0.25, 0.3) is 5.91 Å². The highest BCUT2D eigenvalue weighted by atomic mass is 19.1. The smallest absolute Gasteiger partial charge is 0.337 e. The fourth-order valence-corrected chi connectivity index (χ4v) is 6.26. The minimum atomic E-state index is -1.32. The van der Waals surface area contributed by atoms with Crippen molar-refractivity contribution in [2.24, 2.45) is 0 Å². The number of carboxylic acid groups (broad SMARTS) is 1. The molecule has 1 N–H and O–H groups in total. The Bertz CT molecular complexity index is 1610. The molecule has 43 heavy (non-hydrogen) atoms. The molecule has 0 saturated heterocycles. The predicted molar refractivity (Wildman–Crippen MR) is 161 cm³/mol. The van der Waals surface area contributed by atoms with E-state index < -0.39 is 23.5 Å². The molecule has 0 aromatic heterocycles. The SMILES string of the molecule is COc1cccc(C(=O)N2CCc3c2cc(C)c([C@H](OC(C)(C)C)C(=O)O)c3-c2cc(F)c3c(c2C)CCCO3)c1OC. The summed E-state index contributed by atoms with van der Waals surface area (Å²) in [5.41, 5.74) is 4.80. The second-order valence-corrected chi connectivity index (χ2v) is 12.0. The number of para-hydroxylation sites is 1. The first kappa shape index (κ1) is 30.4. The van der Waals surface area contributed by atoms with Crippen LogP contribution in [0, 0.1) is 19.7 Å². The zero-order valence-electron chi connectivity index (χ0n) is 25.7. The summed E-state index contributed by atoms with van der Waals surface area (Å²) in [4.78, 5) is 28.5. The van der Waals surface area contributed by atoms with Crippen LogP contribution in [0.25, 0.3) is 11.1 Å². The van der Waals surface area contributed by atoms with E-state index in [1.165, 1.54) is 20.3 Å². The lowest BCUT2D eigenvalue weighted by molar-refractivity contribution is -0.160. The van der Waals surface area contributed by atoms with Gasteiger partial charge in [0.2, 0.25) is 0 Å². The van der Waals surface area contributed by atoms with Crippen molar-refractivity contribution < 1.29 is 38.0 Å². The molecule has 8 nitrogen and oxygen atoms in total. The summed E-state index contributed by atoms with van der Waals surface area (Å²) < 4.78 is 38.4. The normalized spacial score (nSPS) is 14.9. The van der Waals surface area contributed by atoms with Crippen molar-refractivity contribution in [3.63, 3.8) is 0 Å². The standard InChI is InChI=1S/C34H38FNO7/c1-18-16-25-21(13-14-36(25)32(37)22-10-8-12-26(40-6)30(22)41-7)28(27(18)31(33(38)39)43-34(3,4)5)23-17-24(35)29-20(19(23)2)11-9-15-42-29/h8,10,12,16-17,31H,9,11,13-15H2,1-7H3,(H,38,39)/t31-/m0/s1. The van der Waals surface area contributed by atoms with Crippen molar-refractivity contribution in [2.45, 2.75) is 65.6 Å². The molecular formula is C34H38FNO7. The van der Waals surface area contributed by atoms with Crippen molar-refractivity contribution in [3.05, 3.63) is 69.5 Å². The van der Waals surface area contributed by atoms with Gasteiger partial charge in [-0.1, -0.05) is 6.07 Å². The molecule has 228 valence electrons. The summed E-state index contributed by atoms with van der Waals surface area (Å²) in [6, 6.07) is 8.41. The van der Waals surface area contributed by atoms with E-state index in [2.05, 4.69) is 0 Å². The van der Waals surface area contributed by atoms with Crippen LogP contribution in [0.3, 0.4) is 0 Å². The maximum absolute atomic E-state index is 15.6. The van der Waals surface area contributed by atoms with E-state index in [9.17, 15) is 14.7 Å². The Morgan fingerprint density at radius 2 is 1.81 bits per heavy atom. The van der Waals surface area contributed by atoms with Gasteiger partial charge in [0.05, 0.1) is 32.0 Å². The van der Waals surface area contributed by atoms with Gasteiger partial charge in [0.1, 0.15) is 0 Å². The maximum Gasteiger partial charge on any atom is 0.337 e. The number of carboxylic acids is 1. The molecule has 2 aliphatic rings. The molecule has 2 heterocycles. The lowest BCUT2D eigenvalue weighted by Gasteiger charge is -2.30. The number of carbonyl (C=O) groups is 2. The van der Waals surface area contributed by atoms with Crippen LogP contribution in [0.15, 0.2) is 30.3 Å². The van der Waals surface area contributed by atoms with E-state index in [4.69, 9.17) is 18.9 Å². The molecule has 3 aromatic carbocycles. The lowest BCUT2D eigenvalue weighted by Crippen LogP contribution is -2.30. The summed E-state index contributed by atoms with van der Waals surface area (Å²) in [5, 5.41) is 10.4. The molecule has 0 unspecified atom stereocenters. The Morgan fingerprint density at radius 3 is 2.47 bits per heavy atom. The number of carbonyl (C=O) groups excluding carboxylic acids is 1. The molecule has 0 saturated carbocycles. The molecule has 0 aliphatic carbocycles. The third-order valence-corrected chi connectivity index (χ3v) is 8.08. The Morgan fingerprint density at radius 1 is 1.07 bits per heavy atom. The lowest BCUT2D eigenvalue weighted by atomic mass is 9.83. The second-order valence-electron chi connectivity index (χ2n) is 12.0. The Kier molecular flexibility index (Phi) is 8.13. The van der Waals surface area contributed by atoms with Crippen molar-refractivity contribution in [2.75, 3.05) is 32.3 Å². The van der Waals surface area contributed by atoms with Gasteiger partial charge in [-0.25, -0.2) is 9.18 Å². The van der Waals surface area contributed by atoms with Crippen molar-refractivity contribution in [1.29, 1.82) is 0 Å². The van der Waals surface area contributed by atoms with Gasteiger partial charge in [-0.15, -0.1) is 0 Å². The number of rotatable bonds is 7. The van der Waals surface area contributed by atoms with Crippen LogP contribution in [-0.4, -0.2) is 50.0 Å². The first-order valence-corrected chi connectivity index (χ1v) is 14.4. The molecule has 1 amide bonds. The number of nitrogens with zero attached hydrogens (tertiary/aromatic N) is 1. The molecule has 0 spiro atoms. The number of halogens is 1. The number of ether oxygens (including phenoxy) is 4. The van der Waals surface area contributed by atoms with Gasteiger partial charge >= 0.3 is 5.97 Å². The number of aryl methyl sites for hydroxylation is 1. The third kappa shape index (κ3) is 5.42. The minimum absolute atomic E-state index is 0.251. The predicted octanol–water partition coefficient (Wildman–Crippen LogP) is 6.60. The first-order valence-electron chi connectivity index (χ1n) is 14.4. The second kappa shape index (κ2) is 11.5. The highest BCUT2D eigenvalue weighted by Crippen LogP contribution is 2.48. The van der Waals surface area contributed by atoms with Gasteiger partial charge in [0, 0.05) is 23.4 Å². The van der Waals surface area contributed by atoms with Crippen LogP contribution >= 0.6 is 0 Å². The molecule has 1 atom stereocenters. The van der Waals surface area contributed by atoms with Gasteiger partial charge in [-0.3, -0.25) is 4.79 Å². The van der Waals surface area contributed by atoms with Crippen LogP contribution < -0.4 is 19.1 Å². The zero-order chi connectivity index (χ0) is 31.2. The number of anilines is 1. The molecule has 2 aliphatic heterocycles. The quantitative estimate of drug-likeness (QED) is 0.331. The highest BCUT2D eigenvalue weighted by Gasteiger charge is 2.38. The maximum atomic E-state index is 15.6. The average molecular weight is 592 g/mol. The number of aliphatic carboxylic acids is 1. The van der Waals surface area contributed by atoms with E-state index in [0.717, 1.165) is 23.1 Å². The number of benzene rings is 3. The summed E-state index contributed by atoms with van der Waals surface area (Å²) in [5.74, 6) is -0.908. The first-order chi connectivity index (χ1) is 20.4. The van der Waals surface area contributed by atoms with Gasteiger partial charge in [0.15, 0.2) is 29.2 Å². The van der Waals surface area contributed by atoms with Crippen LogP contribution in [0.1, 0.15) is 71.5 Å². The fourth-order valence-electron chi connectivity index (χ4n) is 6.26. The van der Waals surface area contributed by atoms with E-state index in [1.807, 2.05) is 13.0 Å². The van der Waals surface area contributed by atoms with E-state index in [-0.39, 0.29) is 11.7 Å². The number of hydrogen-bond acceptors (Lipinski definition) is 6. The van der Waals surface area contributed by atoms with Crippen LogP contribution in [-0.2, 0) is 22.4 Å². The highest BCUT2D eigenvalue weighted by molar-refractivity contribution is 6.10. The molecule has 3 aromatic rings. The summed E-state index contributed by atoms with van der Waals surface area (Å²) in [6.45, 7) is 9.91. The number of fused-ring (bicyclic) bond motifs is 2. The van der Waals surface area contributed by atoms with Gasteiger partial charge in [-0.05, 0) is 106 Å². The largest absolute Gasteiger partial charge is 0.493 e. The summed E-state index contributed by atoms with van der Waals surface area (Å²) >= 11 is 0. The molecule has 0 fully saturated rings. The minimum Gasteiger partial charge on any atom is -0.493 e. The summed E-state index contributed by atoms with van der Waals surface area (Å²) in [7, 11) is 3.00. The van der Waals surface area contributed by atoms with Gasteiger partial charge < -0.3 is 29.0 Å². The van der Waals surface area contributed by atoms with Crippen LogP contribution in [0.4, 0.5) is 10.1 Å².